The van der Waals surface area contributed by atoms with E-state index in [0.717, 1.165) is 59.6 Å². The highest BCUT2D eigenvalue weighted by molar-refractivity contribution is 6.33. The zero-order chi connectivity index (χ0) is 33.3. The summed E-state index contributed by atoms with van der Waals surface area (Å²) in [6.07, 6.45) is 5.42. The number of amides is 2. The molecule has 3 aromatic heterocycles. The minimum atomic E-state index is -0.341. The van der Waals surface area contributed by atoms with Gasteiger partial charge in [-0.05, 0) is 93.3 Å². The molecule has 3 fully saturated rings. The second-order valence-corrected chi connectivity index (χ2v) is 14.2. The van der Waals surface area contributed by atoms with Gasteiger partial charge < -0.3 is 29.8 Å². The topological polar surface area (TPSA) is 120 Å². The van der Waals surface area contributed by atoms with E-state index in [0.29, 0.717) is 45.8 Å². The lowest BCUT2D eigenvalue weighted by Gasteiger charge is -2.37. The van der Waals surface area contributed by atoms with Crippen LogP contribution in [-0.2, 0) is 13.6 Å². The molecular formula is C37H40ClN7O3. The van der Waals surface area contributed by atoms with Gasteiger partial charge in [-0.1, -0.05) is 23.7 Å². The van der Waals surface area contributed by atoms with E-state index in [4.69, 9.17) is 32.0 Å². The number of rotatable bonds is 8. The molecule has 11 heteroatoms. The second-order valence-electron chi connectivity index (χ2n) is 13.8. The molecule has 4 atom stereocenters. The molecule has 2 saturated carbocycles. The molecule has 5 aromatic rings. The van der Waals surface area contributed by atoms with Crippen molar-refractivity contribution in [1.82, 2.24) is 29.3 Å². The number of methoxy groups -OCH3 is 1. The number of pyridine rings is 1. The van der Waals surface area contributed by atoms with Crippen LogP contribution in [-0.4, -0.2) is 61.6 Å². The number of ether oxygens (including phenoxy) is 1. The standard InChI is InChI=1S/C37H40ClN7O3/c1-20(40-36(46)26-6-4-5-7-27(26)38)29-13-11-23-16-31(45(34(23)41-29)18-21-8-9-21)35-42-30-15-24(17-32(48-3)33(30)43(35)2)37(47)44-19-28(39)22-10-12-25(44)14-22/h4-7,11,13,15-17,20-22,25,28H,8-10,12,14,18-19,39H2,1-3H3,(H,40,46)/t20-,22+,25-,28+/m1/s1. The Morgan fingerprint density at radius 2 is 1.90 bits per heavy atom. The van der Waals surface area contributed by atoms with Crippen molar-refractivity contribution in [2.24, 2.45) is 24.6 Å². The van der Waals surface area contributed by atoms with Crippen LogP contribution in [0.3, 0.4) is 0 Å². The zero-order valence-electron chi connectivity index (χ0n) is 27.4. The van der Waals surface area contributed by atoms with Gasteiger partial charge >= 0.3 is 0 Å². The van der Waals surface area contributed by atoms with E-state index in [9.17, 15) is 9.59 Å². The maximum Gasteiger partial charge on any atom is 0.254 e. The lowest BCUT2D eigenvalue weighted by molar-refractivity contribution is 0.0603. The summed E-state index contributed by atoms with van der Waals surface area (Å²) < 4.78 is 10.2. The van der Waals surface area contributed by atoms with Gasteiger partial charge in [0.2, 0.25) is 0 Å². The van der Waals surface area contributed by atoms with Gasteiger partial charge in [-0.15, -0.1) is 0 Å². The first-order chi connectivity index (χ1) is 23.2. The van der Waals surface area contributed by atoms with Gasteiger partial charge in [0.25, 0.3) is 11.8 Å². The summed E-state index contributed by atoms with van der Waals surface area (Å²) in [6.45, 7) is 3.33. The number of carbonyl (C=O) groups is 2. The van der Waals surface area contributed by atoms with Crippen molar-refractivity contribution in [3.8, 4) is 17.3 Å². The van der Waals surface area contributed by atoms with Crippen LogP contribution >= 0.6 is 11.6 Å². The SMILES string of the molecule is COc1cc(C(=O)N2C[C@H](N)[C@H]3CC[C@@H]2C3)cc2nc(-c3cc4ccc([C@@H](C)NC(=O)c5ccccc5Cl)nc4n3CC3CC3)n(C)c12. The largest absolute Gasteiger partial charge is 0.494 e. The van der Waals surface area contributed by atoms with E-state index >= 15 is 0 Å². The predicted molar refractivity (Wildman–Crippen MR) is 186 cm³/mol. The fourth-order valence-electron chi connectivity index (χ4n) is 7.73. The number of benzene rings is 2. The number of aromatic nitrogens is 4. The molecule has 1 aliphatic heterocycles. The molecule has 48 heavy (non-hydrogen) atoms. The van der Waals surface area contributed by atoms with Crippen molar-refractivity contribution < 1.29 is 14.3 Å². The molecule has 2 aromatic carbocycles. The number of hydrogen-bond acceptors (Lipinski definition) is 6. The number of imidazole rings is 1. The van der Waals surface area contributed by atoms with Gasteiger partial charge in [-0.3, -0.25) is 9.59 Å². The molecule has 2 aliphatic carbocycles. The number of nitrogens with zero attached hydrogens (tertiary/aromatic N) is 5. The predicted octanol–water partition coefficient (Wildman–Crippen LogP) is 6.10. The number of nitrogens with two attached hydrogens (primary N) is 1. The first kappa shape index (κ1) is 30.9. The summed E-state index contributed by atoms with van der Waals surface area (Å²) in [5.41, 5.74) is 11.5. The lowest BCUT2D eigenvalue weighted by atomic mass is 9.94. The van der Waals surface area contributed by atoms with Crippen LogP contribution in [0.4, 0.5) is 0 Å². The van der Waals surface area contributed by atoms with Crippen LogP contribution < -0.4 is 15.8 Å². The van der Waals surface area contributed by atoms with Crippen LogP contribution in [0.2, 0.25) is 5.02 Å². The average Bonchev–Trinajstić information content (AvgIpc) is 3.55. The van der Waals surface area contributed by atoms with Crippen molar-refractivity contribution >= 4 is 45.5 Å². The smallest absolute Gasteiger partial charge is 0.254 e. The molecule has 8 rings (SSSR count). The van der Waals surface area contributed by atoms with E-state index in [1.54, 1.807) is 31.4 Å². The zero-order valence-corrected chi connectivity index (χ0v) is 28.2. The van der Waals surface area contributed by atoms with Gasteiger partial charge in [-0.2, -0.15) is 0 Å². The number of halogens is 1. The fourth-order valence-corrected chi connectivity index (χ4v) is 7.95. The van der Waals surface area contributed by atoms with Crippen LogP contribution in [0.5, 0.6) is 5.75 Å². The quantitative estimate of drug-likeness (QED) is 0.207. The maximum atomic E-state index is 13.9. The Labute approximate surface area is 284 Å². The Kier molecular flexibility index (Phi) is 7.68. The number of carbonyl (C=O) groups excluding carboxylic acids is 2. The third-order valence-electron chi connectivity index (χ3n) is 10.6. The number of aryl methyl sites for hydroxylation is 1. The van der Waals surface area contributed by atoms with Gasteiger partial charge in [-0.25, -0.2) is 9.97 Å². The van der Waals surface area contributed by atoms with E-state index < -0.39 is 0 Å². The molecule has 1 saturated heterocycles. The van der Waals surface area contributed by atoms with Crippen molar-refractivity contribution in [2.75, 3.05) is 13.7 Å². The van der Waals surface area contributed by atoms with E-state index in [-0.39, 0.29) is 29.9 Å². The number of hydrogen-bond donors (Lipinski definition) is 2. The van der Waals surface area contributed by atoms with Crippen molar-refractivity contribution in [1.29, 1.82) is 0 Å². The number of piperidine rings is 1. The van der Waals surface area contributed by atoms with Crippen LogP contribution in [0.15, 0.2) is 54.6 Å². The van der Waals surface area contributed by atoms with Crippen molar-refractivity contribution in [2.45, 2.75) is 63.7 Å². The van der Waals surface area contributed by atoms with E-state index in [1.165, 1.54) is 12.8 Å². The highest BCUT2D eigenvalue weighted by atomic mass is 35.5. The molecular weight excluding hydrogens is 626 g/mol. The summed E-state index contributed by atoms with van der Waals surface area (Å²) in [6, 6.07) is 16.8. The first-order valence-corrected chi connectivity index (χ1v) is 17.2. The van der Waals surface area contributed by atoms with Gasteiger partial charge in [0, 0.05) is 43.2 Å². The second kappa shape index (κ2) is 11.9. The monoisotopic (exact) mass is 665 g/mol. The molecule has 0 spiro atoms. The fraction of sp³-hybridized carbons (Fsp3) is 0.405. The molecule has 248 valence electrons. The van der Waals surface area contributed by atoms with Crippen molar-refractivity contribution in [3.05, 3.63) is 76.4 Å². The van der Waals surface area contributed by atoms with Crippen LogP contribution in [0.25, 0.3) is 33.6 Å². The Bertz CT molecular complexity index is 2080. The summed E-state index contributed by atoms with van der Waals surface area (Å²) >= 11 is 6.28. The summed E-state index contributed by atoms with van der Waals surface area (Å²) in [4.78, 5) is 39.1. The Hall–Kier alpha value is -4.41. The highest BCUT2D eigenvalue weighted by Crippen LogP contribution is 2.40. The third kappa shape index (κ3) is 5.31. The molecule has 4 heterocycles. The lowest BCUT2D eigenvalue weighted by Crippen LogP contribution is -2.51. The Morgan fingerprint density at radius 3 is 2.67 bits per heavy atom. The van der Waals surface area contributed by atoms with Gasteiger partial charge in [0.15, 0.2) is 5.82 Å². The number of fused-ring (bicyclic) bond motifs is 4. The summed E-state index contributed by atoms with van der Waals surface area (Å²) in [5, 5.41) is 4.45. The van der Waals surface area contributed by atoms with Gasteiger partial charge in [0.05, 0.1) is 40.6 Å². The molecule has 2 amide bonds. The normalized spacial score (nSPS) is 21.2. The molecule has 0 radical (unpaired) electrons. The number of likely N-dealkylation sites (tertiary alicyclic amines) is 1. The van der Waals surface area contributed by atoms with Gasteiger partial charge in [0.1, 0.15) is 16.9 Å². The Balaban J connectivity index is 1.16. The Morgan fingerprint density at radius 1 is 1.08 bits per heavy atom. The molecule has 3 N–H and O–H groups in total. The highest BCUT2D eigenvalue weighted by Gasteiger charge is 2.41. The molecule has 0 unspecified atom stereocenters. The summed E-state index contributed by atoms with van der Waals surface area (Å²) in [5.74, 6) is 2.20. The van der Waals surface area contributed by atoms with E-state index in [1.807, 2.05) is 41.6 Å². The van der Waals surface area contributed by atoms with Crippen LogP contribution in [0, 0.1) is 11.8 Å². The maximum absolute atomic E-state index is 13.9. The molecule has 10 nitrogen and oxygen atoms in total. The molecule has 2 bridgehead atoms. The molecule has 3 aliphatic rings. The van der Waals surface area contributed by atoms with E-state index in [2.05, 4.69) is 22.0 Å². The minimum absolute atomic E-state index is 0.0153. The minimum Gasteiger partial charge on any atom is -0.494 e. The average molecular weight is 666 g/mol. The van der Waals surface area contributed by atoms with Crippen molar-refractivity contribution in [3.63, 3.8) is 0 Å². The summed E-state index contributed by atoms with van der Waals surface area (Å²) in [7, 11) is 3.62. The number of nitrogens with one attached hydrogen (secondary N) is 1. The third-order valence-corrected chi connectivity index (χ3v) is 10.9. The first-order valence-electron chi connectivity index (χ1n) is 16.9. The van der Waals surface area contributed by atoms with Crippen LogP contribution in [0.1, 0.15) is 71.5 Å².